The van der Waals surface area contributed by atoms with Crippen LogP contribution in [0.1, 0.15) is 64.7 Å². The van der Waals surface area contributed by atoms with Gasteiger partial charge in [0.15, 0.2) is 0 Å². The first-order valence-electron chi connectivity index (χ1n) is 8.25. The van der Waals surface area contributed by atoms with Gasteiger partial charge in [0.05, 0.1) is 0 Å². The zero-order valence-electron chi connectivity index (χ0n) is 12.9. The summed E-state index contributed by atoms with van der Waals surface area (Å²) in [4.78, 5) is 14.6. The molecule has 1 heterocycles. The van der Waals surface area contributed by atoms with Crippen molar-refractivity contribution in [1.82, 2.24) is 4.90 Å². The summed E-state index contributed by atoms with van der Waals surface area (Å²) in [6.07, 6.45) is 11.1. The zero-order chi connectivity index (χ0) is 13.7. The third-order valence-electron chi connectivity index (χ3n) is 4.87. The summed E-state index contributed by atoms with van der Waals surface area (Å²) < 4.78 is 0. The van der Waals surface area contributed by atoms with E-state index in [1.54, 1.807) is 0 Å². The number of amides is 1. The molecular weight excluding hydrogens is 272 g/mol. The van der Waals surface area contributed by atoms with E-state index in [-0.39, 0.29) is 24.4 Å². The first-order valence-corrected chi connectivity index (χ1v) is 8.25. The van der Waals surface area contributed by atoms with Gasteiger partial charge in [-0.25, -0.2) is 0 Å². The Bertz CT molecular complexity index is 292. The van der Waals surface area contributed by atoms with Gasteiger partial charge < -0.3 is 10.6 Å². The first-order chi connectivity index (χ1) is 9.20. The lowest BCUT2D eigenvalue weighted by Gasteiger charge is -2.28. The summed E-state index contributed by atoms with van der Waals surface area (Å²) in [6.45, 7) is 3.85. The fourth-order valence-corrected chi connectivity index (χ4v) is 3.76. The third-order valence-corrected chi connectivity index (χ3v) is 4.87. The molecule has 1 aliphatic carbocycles. The molecule has 0 aromatic carbocycles. The molecule has 2 atom stereocenters. The van der Waals surface area contributed by atoms with Crippen molar-refractivity contribution in [3.05, 3.63) is 0 Å². The van der Waals surface area contributed by atoms with E-state index in [0.29, 0.717) is 5.91 Å². The average molecular weight is 303 g/mol. The predicted molar refractivity (Wildman–Crippen MR) is 86.0 cm³/mol. The third kappa shape index (κ3) is 4.92. The van der Waals surface area contributed by atoms with Crippen LogP contribution < -0.4 is 5.73 Å². The van der Waals surface area contributed by atoms with Crippen LogP contribution in [0.15, 0.2) is 0 Å². The van der Waals surface area contributed by atoms with Gasteiger partial charge in [0.1, 0.15) is 0 Å². The second kappa shape index (κ2) is 8.89. The van der Waals surface area contributed by atoms with E-state index in [1.807, 2.05) is 4.90 Å². The molecule has 2 aliphatic rings. The minimum Gasteiger partial charge on any atom is -0.341 e. The number of hydrogen-bond donors (Lipinski definition) is 1. The minimum absolute atomic E-state index is 0. The molecule has 2 N–H and O–H groups in total. The van der Waals surface area contributed by atoms with Crippen LogP contribution in [0.4, 0.5) is 0 Å². The van der Waals surface area contributed by atoms with Crippen molar-refractivity contribution in [2.75, 3.05) is 13.1 Å². The summed E-state index contributed by atoms with van der Waals surface area (Å²) in [7, 11) is 0. The maximum absolute atomic E-state index is 12.6. The minimum atomic E-state index is 0. The van der Waals surface area contributed by atoms with E-state index in [9.17, 15) is 4.79 Å². The van der Waals surface area contributed by atoms with Crippen molar-refractivity contribution >= 4 is 18.3 Å². The predicted octanol–water partition coefficient (Wildman–Crippen LogP) is 3.35. The molecule has 1 saturated carbocycles. The van der Waals surface area contributed by atoms with Crippen LogP contribution in [0.5, 0.6) is 0 Å². The molecule has 3 nitrogen and oxygen atoms in total. The Hall–Kier alpha value is -0.280. The fraction of sp³-hybridized carbons (Fsp3) is 0.938. The van der Waals surface area contributed by atoms with Crippen LogP contribution in [0.3, 0.4) is 0 Å². The molecule has 2 fully saturated rings. The topological polar surface area (TPSA) is 46.3 Å². The summed E-state index contributed by atoms with van der Waals surface area (Å²) >= 11 is 0. The van der Waals surface area contributed by atoms with Crippen molar-refractivity contribution in [2.45, 2.75) is 70.8 Å². The first kappa shape index (κ1) is 17.8. The van der Waals surface area contributed by atoms with Gasteiger partial charge in [0.2, 0.25) is 5.91 Å². The van der Waals surface area contributed by atoms with Crippen molar-refractivity contribution in [2.24, 2.45) is 17.6 Å². The van der Waals surface area contributed by atoms with E-state index in [4.69, 9.17) is 5.73 Å². The SMILES string of the molecule is CCCC(CC1CCCCC1)C(=O)N1CC[C@@H](N)C1.Cl. The normalized spacial score (nSPS) is 25.3. The highest BCUT2D eigenvalue weighted by Crippen LogP contribution is 2.31. The van der Waals surface area contributed by atoms with Crippen LogP contribution in [-0.4, -0.2) is 29.9 Å². The maximum Gasteiger partial charge on any atom is 0.225 e. The van der Waals surface area contributed by atoms with Crippen LogP contribution in [0, 0.1) is 11.8 Å². The van der Waals surface area contributed by atoms with Crippen molar-refractivity contribution in [3.63, 3.8) is 0 Å². The quantitative estimate of drug-likeness (QED) is 0.846. The van der Waals surface area contributed by atoms with E-state index in [1.165, 1.54) is 32.1 Å². The molecular formula is C16H31ClN2O. The summed E-state index contributed by atoms with van der Waals surface area (Å²) in [5, 5.41) is 0. The molecule has 0 radical (unpaired) electrons. The molecule has 118 valence electrons. The van der Waals surface area contributed by atoms with Gasteiger partial charge in [-0.3, -0.25) is 4.79 Å². The lowest BCUT2D eigenvalue weighted by Crippen LogP contribution is -2.37. The molecule has 1 aliphatic heterocycles. The number of nitrogens with two attached hydrogens (primary N) is 1. The van der Waals surface area contributed by atoms with E-state index in [0.717, 1.165) is 44.7 Å². The van der Waals surface area contributed by atoms with Crippen molar-refractivity contribution < 1.29 is 4.79 Å². The van der Waals surface area contributed by atoms with Gasteiger partial charge >= 0.3 is 0 Å². The second-order valence-electron chi connectivity index (χ2n) is 6.56. The fourth-order valence-electron chi connectivity index (χ4n) is 3.76. The van der Waals surface area contributed by atoms with Crippen LogP contribution in [0.2, 0.25) is 0 Å². The number of hydrogen-bond acceptors (Lipinski definition) is 2. The number of likely N-dealkylation sites (tertiary alicyclic amines) is 1. The Morgan fingerprint density at radius 3 is 2.50 bits per heavy atom. The molecule has 1 unspecified atom stereocenters. The molecule has 0 aromatic rings. The summed E-state index contributed by atoms with van der Waals surface area (Å²) in [6, 6.07) is 0.209. The standard InChI is InChI=1S/C16H30N2O.ClH/c1-2-6-14(11-13-7-4-3-5-8-13)16(19)18-10-9-15(17)12-18;/h13-15H,2-12,17H2,1H3;1H/t14?,15-;/m1./s1. The Morgan fingerprint density at radius 2 is 1.95 bits per heavy atom. The van der Waals surface area contributed by atoms with Gasteiger partial charge in [-0.05, 0) is 25.2 Å². The van der Waals surface area contributed by atoms with Gasteiger partial charge in [0.25, 0.3) is 0 Å². The second-order valence-corrected chi connectivity index (χ2v) is 6.56. The van der Waals surface area contributed by atoms with E-state index in [2.05, 4.69) is 6.92 Å². The Morgan fingerprint density at radius 1 is 1.25 bits per heavy atom. The highest BCUT2D eigenvalue weighted by molar-refractivity contribution is 5.85. The Labute approximate surface area is 130 Å². The number of rotatable bonds is 5. The zero-order valence-corrected chi connectivity index (χ0v) is 13.7. The van der Waals surface area contributed by atoms with Gasteiger partial charge in [-0.2, -0.15) is 0 Å². The molecule has 1 saturated heterocycles. The Balaban J connectivity index is 0.00000200. The molecule has 0 aromatic heterocycles. The number of nitrogens with zero attached hydrogens (tertiary/aromatic N) is 1. The van der Waals surface area contributed by atoms with E-state index < -0.39 is 0 Å². The average Bonchev–Trinajstić information content (AvgIpc) is 2.85. The maximum atomic E-state index is 12.6. The smallest absolute Gasteiger partial charge is 0.225 e. The molecule has 1 amide bonds. The van der Waals surface area contributed by atoms with Crippen LogP contribution >= 0.6 is 12.4 Å². The van der Waals surface area contributed by atoms with Crippen LogP contribution in [0.25, 0.3) is 0 Å². The summed E-state index contributed by atoms with van der Waals surface area (Å²) in [5.41, 5.74) is 5.93. The Kier molecular flexibility index (Phi) is 7.90. The van der Waals surface area contributed by atoms with Crippen molar-refractivity contribution in [1.29, 1.82) is 0 Å². The van der Waals surface area contributed by atoms with Gasteiger partial charge in [-0.1, -0.05) is 45.4 Å². The van der Waals surface area contributed by atoms with E-state index >= 15 is 0 Å². The lowest BCUT2D eigenvalue weighted by molar-refractivity contribution is -0.135. The van der Waals surface area contributed by atoms with Crippen molar-refractivity contribution in [3.8, 4) is 0 Å². The largest absolute Gasteiger partial charge is 0.341 e. The molecule has 0 spiro atoms. The summed E-state index contributed by atoms with van der Waals surface area (Å²) in [5.74, 6) is 1.45. The molecule has 4 heteroatoms. The van der Waals surface area contributed by atoms with Crippen LogP contribution in [-0.2, 0) is 4.79 Å². The molecule has 2 rings (SSSR count). The highest BCUT2D eigenvalue weighted by Gasteiger charge is 2.30. The number of carbonyl (C=O) groups excluding carboxylic acids is 1. The number of halogens is 1. The number of carbonyl (C=O) groups is 1. The molecule has 0 bridgehead atoms. The molecule has 20 heavy (non-hydrogen) atoms. The highest BCUT2D eigenvalue weighted by atomic mass is 35.5. The van der Waals surface area contributed by atoms with Gasteiger partial charge in [0, 0.05) is 25.0 Å². The monoisotopic (exact) mass is 302 g/mol. The van der Waals surface area contributed by atoms with Gasteiger partial charge in [-0.15, -0.1) is 12.4 Å². The lowest BCUT2D eigenvalue weighted by atomic mass is 9.81.